The minimum atomic E-state index is -0.174. The van der Waals surface area contributed by atoms with Crippen LogP contribution < -0.4 is 5.32 Å². The highest BCUT2D eigenvalue weighted by Gasteiger charge is 2.60. The Morgan fingerprint density at radius 1 is 1.12 bits per heavy atom. The van der Waals surface area contributed by atoms with Crippen molar-refractivity contribution in [1.29, 1.82) is 0 Å². The van der Waals surface area contributed by atoms with Crippen molar-refractivity contribution in [3.05, 3.63) is 27.7 Å². The van der Waals surface area contributed by atoms with E-state index in [1.807, 2.05) is 26.0 Å². The van der Waals surface area contributed by atoms with Crippen molar-refractivity contribution in [3.8, 4) is 0 Å². The van der Waals surface area contributed by atoms with Gasteiger partial charge < -0.3 is 5.32 Å². The van der Waals surface area contributed by atoms with Gasteiger partial charge in [-0.25, -0.2) is 0 Å². The molecule has 1 saturated heterocycles. The first-order valence-electron chi connectivity index (χ1n) is 9.28. The molecule has 0 unspecified atom stereocenters. The Labute approximate surface area is 161 Å². The molecule has 1 aromatic rings. The highest BCUT2D eigenvalue weighted by Crippen LogP contribution is 2.56. The number of amides is 3. The number of nitrogens with one attached hydrogen (secondary N) is 1. The molecule has 1 aliphatic heterocycles. The van der Waals surface area contributed by atoms with Gasteiger partial charge in [-0.15, -0.1) is 0 Å². The number of nitrogens with zero attached hydrogens (tertiary/aromatic N) is 1. The molecule has 3 aliphatic rings. The van der Waals surface area contributed by atoms with Crippen LogP contribution in [0, 0.1) is 37.5 Å². The van der Waals surface area contributed by atoms with E-state index in [9.17, 15) is 14.4 Å². The number of carbonyl (C=O) groups is 3. The second-order valence-corrected chi connectivity index (χ2v) is 8.73. The first-order chi connectivity index (χ1) is 12.4. The first-order valence-corrected chi connectivity index (χ1v) is 10.1. The summed E-state index contributed by atoms with van der Waals surface area (Å²) >= 11 is 3.51. The van der Waals surface area contributed by atoms with Gasteiger partial charge in [-0.1, -0.05) is 15.9 Å². The molecule has 2 aliphatic carbocycles. The average molecular weight is 419 g/mol. The van der Waals surface area contributed by atoms with Crippen molar-refractivity contribution in [2.75, 3.05) is 11.9 Å². The van der Waals surface area contributed by atoms with E-state index in [1.165, 1.54) is 4.90 Å². The molecule has 0 aromatic heterocycles. The van der Waals surface area contributed by atoms with E-state index in [2.05, 4.69) is 21.2 Å². The van der Waals surface area contributed by atoms with Crippen LogP contribution in [0.4, 0.5) is 5.69 Å². The topological polar surface area (TPSA) is 66.5 Å². The van der Waals surface area contributed by atoms with E-state index in [-0.39, 0.29) is 42.5 Å². The zero-order valence-corrected chi connectivity index (χ0v) is 16.6. The standard InChI is InChI=1S/C20H23BrN2O3/c1-10-7-14(8-11(2)18(10)21)22-15(24)5-6-23-19(25)16-12-3-4-13(9-12)17(16)20(23)26/h7-8,12-13,16-17H,3-6,9H2,1-2H3,(H,22,24)/t12-,13-,16+,17+/m0/s1. The Hall–Kier alpha value is -1.69. The summed E-state index contributed by atoms with van der Waals surface area (Å²) in [7, 11) is 0. The van der Waals surface area contributed by atoms with Crippen molar-refractivity contribution < 1.29 is 14.4 Å². The molecule has 5 nitrogen and oxygen atoms in total. The van der Waals surface area contributed by atoms with Gasteiger partial charge in [0.25, 0.3) is 0 Å². The quantitative estimate of drug-likeness (QED) is 0.761. The van der Waals surface area contributed by atoms with E-state index in [1.54, 1.807) is 0 Å². The number of fused-ring (bicyclic) bond motifs is 5. The third-order valence-corrected chi connectivity index (χ3v) is 7.55. The van der Waals surface area contributed by atoms with Crippen LogP contribution in [0.1, 0.15) is 36.8 Å². The van der Waals surface area contributed by atoms with Crippen molar-refractivity contribution in [2.24, 2.45) is 23.7 Å². The predicted octanol–water partition coefficient (Wildman–Crippen LogP) is 3.43. The number of hydrogen-bond donors (Lipinski definition) is 1. The van der Waals surface area contributed by atoms with Gasteiger partial charge in [0.2, 0.25) is 17.7 Å². The molecule has 4 atom stereocenters. The summed E-state index contributed by atoms with van der Waals surface area (Å²) < 4.78 is 1.03. The fourth-order valence-electron chi connectivity index (χ4n) is 5.15. The minimum Gasteiger partial charge on any atom is -0.326 e. The van der Waals surface area contributed by atoms with E-state index in [0.29, 0.717) is 11.8 Å². The molecular weight excluding hydrogens is 396 g/mol. The number of halogens is 1. The van der Waals surface area contributed by atoms with E-state index >= 15 is 0 Å². The van der Waals surface area contributed by atoms with Gasteiger partial charge >= 0.3 is 0 Å². The SMILES string of the molecule is Cc1cc(NC(=O)CCN2C(=O)[C@@H]3[C@H]4CC[C@@H](C4)[C@H]3C2=O)cc(C)c1Br. The predicted molar refractivity (Wildman–Crippen MR) is 101 cm³/mol. The number of rotatable bonds is 4. The lowest BCUT2D eigenvalue weighted by Crippen LogP contribution is -2.35. The minimum absolute atomic E-state index is 0.0460. The molecule has 1 heterocycles. The average Bonchev–Trinajstić information content (AvgIpc) is 3.26. The molecule has 1 aromatic carbocycles. The maximum Gasteiger partial charge on any atom is 0.233 e. The van der Waals surface area contributed by atoms with Gasteiger partial charge in [0, 0.05) is 23.1 Å². The van der Waals surface area contributed by atoms with Crippen LogP contribution in [0.25, 0.3) is 0 Å². The zero-order chi connectivity index (χ0) is 18.6. The summed E-state index contributed by atoms with van der Waals surface area (Å²) in [4.78, 5) is 39.0. The molecule has 1 N–H and O–H groups in total. The molecule has 3 fully saturated rings. The number of likely N-dealkylation sites (tertiary alicyclic amines) is 1. The summed E-state index contributed by atoms with van der Waals surface area (Å²) in [5, 5.41) is 2.88. The van der Waals surface area contributed by atoms with Gasteiger partial charge in [0.05, 0.1) is 11.8 Å². The molecule has 0 spiro atoms. The Bertz CT molecular complexity index is 755. The van der Waals surface area contributed by atoms with Crippen LogP contribution in [-0.2, 0) is 14.4 Å². The van der Waals surface area contributed by atoms with Gasteiger partial charge in [-0.05, 0) is 68.2 Å². The third-order valence-electron chi connectivity index (χ3n) is 6.30. The largest absolute Gasteiger partial charge is 0.326 e. The van der Waals surface area contributed by atoms with Crippen LogP contribution in [0.2, 0.25) is 0 Å². The number of aryl methyl sites for hydroxylation is 2. The van der Waals surface area contributed by atoms with Crippen LogP contribution in [0.3, 0.4) is 0 Å². The summed E-state index contributed by atoms with van der Waals surface area (Å²) in [5.74, 6) is 0.280. The lowest BCUT2D eigenvalue weighted by atomic mass is 9.81. The molecule has 2 bridgehead atoms. The van der Waals surface area contributed by atoms with Crippen molar-refractivity contribution >= 4 is 39.3 Å². The Morgan fingerprint density at radius 2 is 1.65 bits per heavy atom. The Balaban J connectivity index is 1.38. The summed E-state index contributed by atoms with van der Waals surface area (Å²) in [6, 6.07) is 3.81. The lowest BCUT2D eigenvalue weighted by Gasteiger charge is -2.19. The van der Waals surface area contributed by atoms with Gasteiger partial charge in [0.1, 0.15) is 0 Å². The molecule has 6 heteroatoms. The van der Waals surface area contributed by atoms with Crippen LogP contribution >= 0.6 is 15.9 Å². The fraction of sp³-hybridized carbons (Fsp3) is 0.550. The molecule has 26 heavy (non-hydrogen) atoms. The van der Waals surface area contributed by atoms with Crippen LogP contribution in [0.5, 0.6) is 0 Å². The number of anilines is 1. The molecule has 0 radical (unpaired) electrons. The van der Waals surface area contributed by atoms with Crippen molar-refractivity contribution in [2.45, 2.75) is 39.5 Å². The smallest absolute Gasteiger partial charge is 0.233 e. The zero-order valence-electron chi connectivity index (χ0n) is 15.0. The van der Waals surface area contributed by atoms with E-state index in [4.69, 9.17) is 0 Å². The fourth-order valence-corrected chi connectivity index (χ4v) is 5.37. The molecule has 4 rings (SSSR count). The summed E-state index contributed by atoms with van der Waals surface area (Å²) in [5.41, 5.74) is 2.84. The number of carbonyl (C=O) groups excluding carboxylic acids is 3. The maximum atomic E-state index is 12.7. The van der Waals surface area contributed by atoms with Crippen LogP contribution in [0.15, 0.2) is 16.6 Å². The van der Waals surface area contributed by atoms with Gasteiger partial charge in [-0.2, -0.15) is 0 Å². The summed E-state index contributed by atoms with van der Waals surface area (Å²) in [6.45, 7) is 4.13. The molecular formula is C20H23BrN2O3. The number of imide groups is 1. The van der Waals surface area contributed by atoms with Crippen molar-refractivity contribution in [1.82, 2.24) is 4.90 Å². The monoisotopic (exact) mass is 418 g/mol. The molecule has 3 amide bonds. The Morgan fingerprint density at radius 3 is 2.19 bits per heavy atom. The second-order valence-electron chi connectivity index (χ2n) is 7.94. The van der Waals surface area contributed by atoms with Crippen molar-refractivity contribution in [3.63, 3.8) is 0 Å². The number of benzene rings is 1. The first kappa shape index (κ1) is 17.7. The second kappa shape index (κ2) is 6.48. The lowest BCUT2D eigenvalue weighted by molar-refractivity contribution is -0.140. The summed E-state index contributed by atoms with van der Waals surface area (Å²) in [6.07, 6.45) is 3.31. The highest BCUT2D eigenvalue weighted by molar-refractivity contribution is 9.10. The van der Waals surface area contributed by atoms with Gasteiger partial charge in [0.15, 0.2) is 0 Å². The normalized spacial score (nSPS) is 29.4. The molecule has 138 valence electrons. The van der Waals surface area contributed by atoms with Gasteiger partial charge in [-0.3, -0.25) is 19.3 Å². The third kappa shape index (κ3) is 2.79. The van der Waals surface area contributed by atoms with Crippen LogP contribution in [-0.4, -0.2) is 29.2 Å². The highest BCUT2D eigenvalue weighted by atomic mass is 79.9. The Kier molecular flexibility index (Phi) is 4.41. The number of hydrogen-bond acceptors (Lipinski definition) is 3. The van der Waals surface area contributed by atoms with E-state index in [0.717, 1.165) is 40.5 Å². The van der Waals surface area contributed by atoms with E-state index < -0.39 is 0 Å². The maximum absolute atomic E-state index is 12.7. The molecule has 2 saturated carbocycles.